The first-order chi connectivity index (χ1) is 13.2. The number of nitrogens with one attached hydrogen (secondary N) is 1. The summed E-state index contributed by atoms with van der Waals surface area (Å²) in [5.41, 5.74) is 7.44. The molecule has 0 radical (unpaired) electrons. The van der Waals surface area contributed by atoms with E-state index >= 15 is 0 Å². The Kier molecular flexibility index (Phi) is 6.50. The number of nitrogens with zero attached hydrogens (tertiary/aromatic N) is 3. The number of aromatic nitrogens is 2. The Bertz CT molecular complexity index is 834. The van der Waals surface area contributed by atoms with Crippen molar-refractivity contribution in [3.05, 3.63) is 34.9 Å². The highest BCUT2D eigenvalue weighted by molar-refractivity contribution is 7.99. The second-order valence-corrected chi connectivity index (χ2v) is 8.66. The standard InChI is InChI=1S/C19H24ClF2N5S/c1-12(2)10-28-18-25-16(24-9-13-5-3-4-6-14(13)20)15(23)17(26-18)27-8-7-19(21,22)11-27/h3-6,12H,7-11,23H2,1-2H3,(H,24,25,26). The van der Waals surface area contributed by atoms with Crippen LogP contribution in [0.1, 0.15) is 25.8 Å². The van der Waals surface area contributed by atoms with Crippen molar-refractivity contribution in [3.63, 3.8) is 0 Å². The van der Waals surface area contributed by atoms with Gasteiger partial charge >= 0.3 is 0 Å². The Labute approximate surface area is 173 Å². The number of thioether (sulfide) groups is 1. The third-order valence-corrected chi connectivity index (χ3v) is 5.97. The van der Waals surface area contributed by atoms with Crippen LogP contribution in [0, 0.1) is 5.92 Å². The average Bonchev–Trinajstić information content (AvgIpc) is 3.00. The summed E-state index contributed by atoms with van der Waals surface area (Å²) >= 11 is 7.70. The second kappa shape index (κ2) is 8.69. The van der Waals surface area contributed by atoms with Crippen LogP contribution in [0.5, 0.6) is 0 Å². The first-order valence-corrected chi connectivity index (χ1v) is 10.5. The first-order valence-electron chi connectivity index (χ1n) is 9.15. The quantitative estimate of drug-likeness (QED) is 0.483. The number of halogens is 3. The highest BCUT2D eigenvalue weighted by Gasteiger charge is 2.39. The lowest BCUT2D eigenvalue weighted by molar-refractivity contribution is 0.0257. The largest absolute Gasteiger partial charge is 0.393 e. The van der Waals surface area contributed by atoms with E-state index in [4.69, 9.17) is 17.3 Å². The molecule has 2 aromatic rings. The Hall–Kier alpha value is -1.80. The van der Waals surface area contributed by atoms with E-state index in [9.17, 15) is 8.78 Å². The highest BCUT2D eigenvalue weighted by Crippen LogP contribution is 2.36. The normalized spacial score (nSPS) is 16.0. The molecular weight excluding hydrogens is 404 g/mol. The lowest BCUT2D eigenvalue weighted by Crippen LogP contribution is -2.27. The Morgan fingerprint density at radius 1 is 1.32 bits per heavy atom. The van der Waals surface area contributed by atoms with Gasteiger partial charge in [0.25, 0.3) is 5.92 Å². The zero-order chi connectivity index (χ0) is 20.3. The summed E-state index contributed by atoms with van der Waals surface area (Å²) in [6, 6.07) is 7.47. The zero-order valence-corrected chi connectivity index (χ0v) is 17.5. The van der Waals surface area contributed by atoms with Crippen molar-refractivity contribution in [1.82, 2.24) is 9.97 Å². The van der Waals surface area contributed by atoms with E-state index in [2.05, 4.69) is 29.1 Å². The van der Waals surface area contributed by atoms with Crippen molar-refractivity contribution in [2.45, 2.75) is 37.9 Å². The number of nitrogens with two attached hydrogens (primary N) is 1. The summed E-state index contributed by atoms with van der Waals surface area (Å²) in [5, 5.41) is 4.35. The summed E-state index contributed by atoms with van der Waals surface area (Å²) in [6.07, 6.45) is -0.201. The summed E-state index contributed by atoms with van der Waals surface area (Å²) in [7, 11) is 0. The number of benzene rings is 1. The van der Waals surface area contributed by atoms with Gasteiger partial charge < -0.3 is 16.0 Å². The van der Waals surface area contributed by atoms with Gasteiger partial charge in [0.15, 0.2) is 16.8 Å². The average molecular weight is 428 g/mol. The fraction of sp³-hybridized carbons (Fsp3) is 0.474. The van der Waals surface area contributed by atoms with Crippen LogP contribution >= 0.6 is 23.4 Å². The van der Waals surface area contributed by atoms with E-state index in [1.807, 2.05) is 24.3 Å². The molecule has 1 aromatic heterocycles. The van der Waals surface area contributed by atoms with Gasteiger partial charge in [-0.05, 0) is 17.5 Å². The van der Waals surface area contributed by atoms with Gasteiger partial charge in [0.2, 0.25) is 0 Å². The van der Waals surface area contributed by atoms with Gasteiger partial charge in [0, 0.05) is 30.3 Å². The summed E-state index contributed by atoms with van der Waals surface area (Å²) in [6.45, 7) is 4.45. The van der Waals surface area contributed by atoms with E-state index < -0.39 is 5.92 Å². The molecule has 5 nitrogen and oxygen atoms in total. The maximum atomic E-state index is 13.7. The molecule has 0 spiro atoms. The molecule has 152 valence electrons. The van der Waals surface area contributed by atoms with E-state index in [0.717, 1.165) is 11.3 Å². The third kappa shape index (κ3) is 5.17. The molecule has 28 heavy (non-hydrogen) atoms. The molecule has 1 aliphatic heterocycles. The van der Waals surface area contributed by atoms with Crippen molar-refractivity contribution >= 4 is 40.7 Å². The topological polar surface area (TPSA) is 67.1 Å². The fourth-order valence-corrected chi connectivity index (χ4v) is 3.85. The van der Waals surface area contributed by atoms with Gasteiger partial charge in [0.1, 0.15) is 5.69 Å². The number of nitrogen functional groups attached to an aromatic ring is 1. The molecule has 1 aromatic carbocycles. The Balaban J connectivity index is 1.87. The van der Waals surface area contributed by atoms with Gasteiger partial charge in [0.05, 0.1) is 6.54 Å². The number of alkyl halides is 2. The zero-order valence-electron chi connectivity index (χ0n) is 15.9. The minimum atomic E-state index is -2.73. The van der Waals surface area contributed by atoms with Crippen LogP contribution in [-0.2, 0) is 6.54 Å². The van der Waals surface area contributed by atoms with Crippen molar-refractivity contribution in [1.29, 1.82) is 0 Å². The molecule has 0 amide bonds. The fourth-order valence-electron chi connectivity index (χ4n) is 2.86. The van der Waals surface area contributed by atoms with Crippen LogP contribution in [0.15, 0.2) is 29.4 Å². The van der Waals surface area contributed by atoms with Crippen molar-refractivity contribution in [2.24, 2.45) is 5.92 Å². The van der Waals surface area contributed by atoms with Gasteiger partial charge in [-0.1, -0.05) is 55.4 Å². The van der Waals surface area contributed by atoms with Crippen molar-refractivity contribution in [2.75, 3.05) is 34.8 Å². The molecule has 1 aliphatic rings. The van der Waals surface area contributed by atoms with Crippen LogP contribution in [0.3, 0.4) is 0 Å². The molecular formula is C19H24ClF2N5S. The number of rotatable bonds is 7. The molecule has 0 atom stereocenters. The Morgan fingerprint density at radius 2 is 2.07 bits per heavy atom. The van der Waals surface area contributed by atoms with Crippen LogP contribution < -0.4 is 16.0 Å². The SMILES string of the molecule is CC(C)CSc1nc(NCc2ccccc2Cl)c(N)c(N2CCC(F)(F)C2)n1. The highest BCUT2D eigenvalue weighted by atomic mass is 35.5. The number of hydrogen-bond donors (Lipinski definition) is 2. The van der Waals surface area contributed by atoms with Gasteiger partial charge in [-0.25, -0.2) is 18.7 Å². The molecule has 3 rings (SSSR count). The van der Waals surface area contributed by atoms with Crippen LogP contribution in [0.25, 0.3) is 0 Å². The molecule has 2 heterocycles. The van der Waals surface area contributed by atoms with E-state index in [0.29, 0.717) is 34.3 Å². The number of anilines is 3. The molecule has 1 fully saturated rings. The first kappa shape index (κ1) is 20.9. The predicted octanol–water partition coefficient (Wildman–Crippen LogP) is 4.92. The molecule has 0 bridgehead atoms. The van der Waals surface area contributed by atoms with Gasteiger partial charge in [-0.3, -0.25) is 0 Å². The maximum absolute atomic E-state index is 13.7. The van der Waals surface area contributed by atoms with E-state index in [-0.39, 0.29) is 25.2 Å². The lowest BCUT2D eigenvalue weighted by Gasteiger charge is -2.21. The summed E-state index contributed by atoms with van der Waals surface area (Å²) in [4.78, 5) is 10.5. The molecule has 9 heteroatoms. The minimum absolute atomic E-state index is 0.201. The van der Waals surface area contributed by atoms with Crippen LogP contribution in [-0.4, -0.2) is 34.7 Å². The third-order valence-electron chi connectivity index (χ3n) is 4.32. The van der Waals surface area contributed by atoms with Crippen LogP contribution in [0.2, 0.25) is 5.02 Å². The molecule has 0 aliphatic carbocycles. The van der Waals surface area contributed by atoms with Gasteiger partial charge in [-0.2, -0.15) is 0 Å². The van der Waals surface area contributed by atoms with Crippen molar-refractivity contribution in [3.8, 4) is 0 Å². The molecule has 3 N–H and O–H groups in total. The van der Waals surface area contributed by atoms with Crippen LogP contribution in [0.4, 0.5) is 26.1 Å². The predicted molar refractivity (Wildman–Crippen MR) is 113 cm³/mol. The van der Waals surface area contributed by atoms with Crippen molar-refractivity contribution < 1.29 is 8.78 Å². The number of hydrogen-bond acceptors (Lipinski definition) is 6. The molecule has 1 saturated heterocycles. The molecule has 0 saturated carbocycles. The lowest BCUT2D eigenvalue weighted by atomic mass is 10.2. The Morgan fingerprint density at radius 3 is 2.71 bits per heavy atom. The van der Waals surface area contributed by atoms with E-state index in [1.165, 1.54) is 16.7 Å². The smallest absolute Gasteiger partial charge is 0.266 e. The maximum Gasteiger partial charge on any atom is 0.266 e. The second-order valence-electron chi connectivity index (χ2n) is 7.27. The summed E-state index contributed by atoms with van der Waals surface area (Å²) < 4.78 is 27.4. The van der Waals surface area contributed by atoms with Gasteiger partial charge in [-0.15, -0.1) is 0 Å². The molecule has 0 unspecified atom stereocenters. The monoisotopic (exact) mass is 427 g/mol. The minimum Gasteiger partial charge on any atom is -0.393 e. The summed E-state index contributed by atoms with van der Waals surface area (Å²) in [5.74, 6) is -0.659. The van der Waals surface area contributed by atoms with E-state index in [1.54, 1.807) is 0 Å².